The standard InChI is InChI=1S/C25H28F3N3O3/c1-17(2)16-21(32)29-22(18-6-4-3-5-7-18)24(34)31-14-12-30(13-15-31)23(33)19-8-10-20(11-9-19)25(26,27)28/h3-11,17,22H,12-16H2,1-2H3,(H,29,32). The van der Waals surface area contributed by atoms with Gasteiger partial charge in [-0.15, -0.1) is 0 Å². The maximum Gasteiger partial charge on any atom is 0.416 e. The van der Waals surface area contributed by atoms with Crippen LogP contribution in [0.1, 0.15) is 47.8 Å². The zero-order chi connectivity index (χ0) is 24.9. The first-order valence-electron chi connectivity index (χ1n) is 11.2. The first-order chi connectivity index (χ1) is 16.1. The molecule has 0 aliphatic carbocycles. The molecule has 1 fully saturated rings. The molecule has 0 saturated carbocycles. The van der Waals surface area contributed by atoms with Crippen molar-refractivity contribution in [3.8, 4) is 0 Å². The molecule has 3 rings (SSSR count). The van der Waals surface area contributed by atoms with Crippen LogP contribution in [0, 0.1) is 5.92 Å². The number of amides is 3. The zero-order valence-corrected chi connectivity index (χ0v) is 19.1. The highest BCUT2D eigenvalue weighted by molar-refractivity contribution is 5.94. The summed E-state index contributed by atoms with van der Waals surface area (Å²) in [4.78, 5) is 41.5. The molecular weight excluding hydrogens is 447 g/mol. The van der Waals surface area contributed by atoms with Gasteiger partial charge in [0, 0.05) is 38.2 Å². The van der Waals surface area contributed by atoms with Crippen molar-refractivity contribution in [1.29, 1.82) is 0 Å². The Labute approximate surface area is 196 Å². The lowest BCUT2D eigenvalue weighted by atomic mass is 10.0. The normalized spacial score (nSPS) is 15.2. The van der Waals surface area contributed by atoms with E-state index in [2.05, 4.69) is 5.32 Å². The van der Waals surface area contributed by atoms with Gasteiger partial charge in [-0.25, -0.2) is 0 Å². The summed E-state index contributed by atoms with van der Waals surface area (Å²) >= 11 is 0. The van der Waals surface area contributed by atoms with Gasteiger partial charge in [0.1, 0.15) is 6.04 Å². The number of nitrogens with zero attached hydrogens (tertiary/aromatic N) is 2. The molecule has 6 nitrogen and oxygen atoms in total. The van der Waals surface area contributed by atoms with Crippen molar-refractivity contribution < 1.29 is 27.6 Å². The molecule has 9 heteroatoms. The van der Waals surface area contributed by atoms with Gasteiger partial charge >= 0.3 is 6.18 Å². The van der Waals surface area contributed by atoms with E-state index in [1.807, 2.05) is 19.9 Å². The van der Waals surface area contributed by atoms with Gasteiger partial charge in [0.25, 0.3) is 5.91 Å². The van der Waals surface area contributed by atoms with E-state index in [1.54, 1.807) is 29.2 Å². The van der Waals surface area contributed by atoms with E-state index in [4.69, 9.17) is 0 Å². The summed E-state index contributed by atoms with van der Waals surface area (Å²) < 4.78 is 38.3. The molecule has 3 amide bonds. The van der Waals surface area contributed by atoms with Crippen LogP contribution in [-0.4, -0.2) is 53.7 Å². The Bertz CT molecular complexity index is 1000. The van der Waals surface area contributed by atoms with Gasteiger partial charge in [-0.05, 0) is 35.7 Å². The first kappa shape index (κ1) is 25.3. The van der Waals surface area contributed by atoms with Crippen LogP contribution in [0.2, 0.25) is 0 Å². The van der Waals surface area contributed by atoms with Crippen LogP contribution >= 0.6 is 0 Å². The second-order valence-corrected chi connectivity index (χ2v) is 8.70. The summed E-state index contributed by atoms with van der Waals surface area (Å²) in [5.74, 6) is -0.713. The Kier molecular flexibility index (Phi) is 7.96. The molecule has 0 spiro atoms. The minimum atomic E-state index is -4.46. The summed E-state index contributed by atoms with van der Waals surface area (Å²) in [7, 11) is 0. The predicted octanol–water partition coefficient (Wildman–Crippen LogP) is 3.89. The average molecular weight is 476 g/mol. The Morgan fingerprint density at radius 2 is 1.44 bits per heavy atom. The van der Waals surface area contributed by atoms with Crippen molar-refractivity contribution in [3.63, 3.8) is 0 Å². The van der Waals surface area contributed by atoms with Gasteiger partial charge in [-0.2, -0.15) is 13.2 Å². The van der Waals surface area contributed by atoms with Crippen LogP contribution in [0.5, 0.6) is 0 Å². The zero-order valence-electron chi connectivity index (χ0n) is 19.1. The summed E-state index contributed by atoms with van der Waals surface area (Å²) in [6.07, 6.45) is -4.17. The summed E-state index contributed by atoms with van der Waals surface area (Å²) in [6.45, 7) is 4.85. The van der Waals surface area contributed by atoms with Crippen molar-refractivity contribution in [2.24, 2.45) is 5.92 Å². The average Bonchev–Trinajstić information content (AvgIpc) is 2.81. The van der Waals surface area contributed by atoms with Crippen LogP contribution in [-0.2, 0) is 15.8 Å². The molecule has 1 unspecified atom stereocenters. The molecule has 2 aromatic carbocycles. The fourth-order valence-corrected chi connectivity index (χ4v) is 3.82. The number of nitrogens with one attached hydrogen (secondary N) is 1. The molecule has 1 heterocycles. The van der Waals surface area contributed by atoms with Gasteiger partial charge in [0.15, 0.2) is 0 Å². The molecule has 34 heavy (non-hydrogen) atoms. The van der Waals surface area contributed by atoms with E-state index in [0.29, 0.717) is 12.0 Å². The summed E-state index contributed by atoms with van der Waals surface area (Å²) in [6, 6.07) is 12.3. The number of piperazine rings is 1. The summed E-state index contributed by atoms with van der Waals surface area (Å²) in [5.41, 5.74) is 0.0229. The largest absolute Gasteiger partial charge is 0.416 e. The Balaban J connectivity index is 1.65. The fraction of sp³-hybridized carbons (Fsp3) is 0.400. The molecule has 0 bridgehead atoms. The second kappa shape index (κ2) is 10.7. The van der Waals surface area contributed by atoms with Crippen molar-refractivity contribution in [2.45, 2.75) is 32.5 Å². The van der Waals surface area contributed by atoms with Crippen LogP contribution < -0.4 is 5.32 Å². The third-order valence-corrected chi connectivity index (χ3v) is 5.62. The van der Waals surface area contributed by atoms with E-state index in [0.717, 1.165) is 12.1 Å². The molecule has 1 aliphatic rings. The second-order valence-electron chi connectivity index (χ2n) is 8.70. The topological polar surface area (TPSA) is 69.7 Å². The van der Waals surface area contributed by atoms with E-state index < -0.39 is 17.8 Å². The summed E-state index contributed by atoms with van der Waals surface area (Å²) in [5, 5.41) is 2.84. The minimum Gasteiger partial charge on any atom is -0.341 e. The number of benzene rings is 2. The molecule has 0 radical (unpaired) electrons. The lowest BCUT2D eigenvalue weighted by Crippen LogP contribution is -2.53. The monoisotopic (exact) mass is 475 g/mol. The number of carbonyl (C=O) groups excluding carboxylic acids is 3. The molecule has 1 N–H and O–H groups in total. The van der Waals surface area contributed by atoms with E-state index in [-0.39, 0.29) is 55.4 Å². The van der Waals surface area contributed by atoms with Crippen molar-refractivity contribution in [3.05, 3.63) is 71.3 Å². The fourth-order valence-electron chi connectivity index (χ4n) is 3.82. The first-order valence-corrected chi connectivity index (χ1v) is 11.2. The highest BCUT2D eigenvalue weighted by atomic mass is 19.4. The lowest BCUT2D eigenvalue weighted by molar-refractivity contribution is -0.138. The number of hydrogen-bond acceptors (Lipinski definition) is 3. The number of carbonyl (C=O) groups is 3. The lowest BCUT2D eigenvalue weighted by Gasteiger charge is -2.36. The molecule has 1 atom stereocenters. The quantitative estimate of drug-likeness (QED) is 0.689. The van der Waals surface area contributed by atoms with Crippen molar-refractivity contribution >= 4 is 17.7 Å². The van der Waals surface area contributed by atoms with Gasteiger partial charge < -0.3 is 15.1 Å². The van der Waals surface area contributed by atoms with Gasteiger partial charge in [0.2, 0.25) is 11.8 Å². The highest BCUT2D eigenvalue weighted by Crippen LogP contribution is 2.29. The van der Waals surface area contributed by atoms with E-state index >= 15 is 0 Å². The Hall–Kier alpha value is -3.36. The van der Waals surface area contributed by atoms with Crippen molar-refractivity contribution in [2.75, 3.05) is 26.2 Å². The SMILES string of the molecule is CC(C)CC(=O)NC(C(=O)N1CCN(C(=O)c2ccc(C(F)(F)F)cc2)CC1)c1ccccc1. The molecule has 2 aromatic rings. The predicted molar refractivity (Wildman–Crippen MR) is 121 cm³/mol. The Morgan fingerprint density at radius 3 is 1.97 bits per heavy atom. The molecule has 182 valence electrons. The highest BCUT2D eigenvalue weighted by Gasteiger charge is 2.32. The number of alkyl halides is 3. The number of halogens is 3. The third kappa shape index (κ3) is 6.36. The maximum absolute atomic E-state index is 13.3. The van der Waals surface area contributed by atoms with Gasteiger partial charge in [-0.1, -0.05) is 44.2 Å². The maximum atomic E-state index is 13.3. The van der Waals surface area contributed by atoms with E-state index in [9.17, 15) is 27.6 Å². The Morgan fingerprint density at radius 1 is 0.882 bits per heavy atom. The van der Waals surface area contributed by atoms with Crippen LogP contribution in [0.3, 0.4) is 0 Å². The molecular formula is C25H28F3N3O3. The van der Waals surface area contributed by atoms with Gasteiger partial charge in [-0.3, -0.25) is 14.4 Å². The van der Waals surface area contributed by atoms with Crippen LogP contribution in [0.25, 0.3) is 0 Å². The molecule has 1 aliphatic heterocycles. The van der Waals surface area contributed by atoms with Crippen molar-refractivity contribution in [1.82, 2.24) is 15.1 Å². The molecule has 0 aromatic heterocycles. The number of rotatable bonds is 6. The van der Waals surface area contributed by atoms with Gasteiger partial charge in [0.05, 0.1) is 5.56 Å². The van der Waals surface area contributed by atoms with Crippen LogP contribution in [0.4, 0.5) is 13.2 Å². The minimum absolute atomic E-state index is 0.145. The molecule has 1 saturated heterocycles. The van der Waals surface area contributed by atoms with E-state index in [1.165, 1.54) is 17.0 Å². The van der Waals surface area contributed by atoms with Crippen LogP contribution in [0.15, 0.2) is 54.6 Å². The smallest absolute Gasteiger partial charge is 0.341 e. The third-order valence-electron chi connectivity index (χ3n) is 5.62. The number of hydrogen-bond donors (Lipinski definition) is 1.